The Bertz CT molecular complexity index is 1900. The zero-order valence-corrected chi connectivity index (χ0v) is 22.0. The van der Waals surface area contributed by atoms with E-state index in [2.05, 4.69) is 157 Å². The largest absolute Gasteiger partial charge is 0.340 e. The standard InChI is InChI=1S/C38H29N/c1-2-39-32-26-16-15-25-31(32)37-35(29-21-11-5-12-22-29)33(27-17-7-3-8-18-27)34(28-19-9-4-10-20-28)36(38(37)39)30-23-13-6-14-24-30/h3-26H,2H2,1H3. The molecule has 0 saturated heterocycles. The second-order valence-corrected chi connectivity index (χ2v) is 9.95. The number of fused-ring (bicyclic) bond motifs is 3. The van der Waals surface area contributed by atoms with Crippen LogP contribution in [0.25, 0.3) is 66.3 Å². The Hall–Kier alpha value is -4.88. The summed E-state index contributed by atoms with van der Waals surface area (Å²) in [6.07, 6.45) is 0. The summed E-state index contributed by atoms with van der Waals surface area (Å²) in [7, 11) is 0. The molecule has 0 fully saturated rings. The number of hydrogen-bond acceptors (Lipinski definition) is 0. The van der Waals surface area contributed by atoms with Crippen molar-refractivity contribution in [3.8, 4) is 44.5 Å². The maximum Gasteiger partial charge on any atom is 0.0583 e. The molecule has 1 aromatic heterocycles. The molecule has 0 aliphatic rings. The molecule has 186 valence electrons. The van der Waals surface area contributed by atoms with E-state index in [4.69, 9.17) is 0 Å². The first-order valence-electron chi connectivity index (χ1n) is 13.7. The molecule has 0 radical (unpaired) electrons. The second kappa shape index (κ2) is 9.78. The highest BCUT2D eigenvalue weighted by atomic mass is 15.0. The predicted molar refractivity (Wildman–Crippen MR) is 167 cm³/mol. The minimum Gasteiger partial charge on any atom is -0.340 e. The van der Waals surface area contributed by atoms with Crippen molar-refractivity contribution < 1.29 is 0 Å². The lowest BCUT2D eigenvalue weighted by molar-refractivity contribution is 0.828. The molecule has 39 heavy (non-hydrogen) atoms. The number of para-hydroxylation sites is 1. The Morgan fingerprint density at radius 3 is 1.28 bits per heavy atom. The molecule has 6 aromatic carbocycles. The van der Waals surface area contributed by atoms with Crippen molar-refractivity contribution in [2.75, 3.05) is 0 Å². The molecule has 1 heteroatoms. The fourth-order valence-electron chi connectivity index (χ4n) is 6.20. The SMILES string of the molecule is CCn1c2ccccc2c2c(-c3ccccc3)c(-c3ccccc3)c(-c3ccccc3)c(-c3ccccc3)c21. The topological polar surface area (TPSA) is 4.93 Å². The Kier molecular flexibility index (Phi) is 5.83. The average Bonchev–Trinajstić information content (AvgIpc) is 3.35. The maximum absolute atomic E-state index is 2.51. The van der Waals surface area contributed by atoms with Crippen molar-refractivity contribution in [3.05, 3.63) is 146 Å². The summed E-state index contributed by atoms with van der Waals surface area (Å²) < 4.78 is 2.51. The lowest BCUT2D eigenvalue weighted by atomic mass is 9.80. The van der Waals surface area contributed by atoms with Gasteiger partial charge in [-0.1, -0.05) is 140 Å². The third-order valence-electron chi connectivity index (χ3n) is 7.77. The van der Waals surface area contributed by atoms with Crippen LogP contribution in [0.15, 0.2) is 146 Å². The summed E-state index contributed by atoms with van der Waals surface area (Å²) in [5, 5.41) is 2.61. The number of rotatable bonds is 5. The highest BCUT2D eigenvalue weighted by Crippen LogP contribution is 2.53. The van der Waals surface area contributed by atoms with Crippen molar-refractivity contribution >= 4 is 21.8 Å². The quantitative estimate of drug-likeness (QED) is 0.222. The van der Waals surface area contributed by atoms with Gasteiger partial charge in [0.1, 0.15) is 0 Å². The molecule has 0 N–H and O–H groups in total. The third kappa shape index (κ3) is 3.78. The number of aryl methyl sites for hydroxylation is 1. The van der Waals surface area contributed by atoms with Crippen molar-refractivity contribution in [1.29, 1.82) is 0 Å². The molecule has 1 nitrogen and oxygen atoms in total. The molecule has 0 aliphatic carbocycles. The number of nitrogens with zero attached hydrogens (tertiary/aromatic N) is 1. The first-order chi connectivity index (χ1) is 19.4. The summed E-state index contributed by atoms with van der Waals surface area (Å²) in [5.74, 6) is 0. The van der Waals surface area contributed by atoms with E-state index in [1.807, 2.05) is 0 Å². The molecule has 0 unspecified atom stereocenters. The molecule has 0 spiro atoms. The van der Waals surface area contributed by atoms with Crippen LogP contribution < -0.4 is 0 Å². The first kappa shape index (κ1) is 23.3. The van der Waals surface area contributed by atoms with Crippen LogP contribution in [0.5, 0.6) is 0 Å². The molecular formula is C38H29N. The Morgan fingerprint density at radius 2 is 0.795 bits per heavy atom. The molecular weight excluding hydrogens is 470 g/mol. The zero-order valence-electron chi connectivity index (χ0n) is 22.0. The van der Waals surface area contributed by atoms with E-state index in [9.17, 15) is 0 Å². The smallest absolute Gasteiger partial charge is 0.0583 e. The lowest BCUT2D eigenvalue weighted by Gasteiger charge is -2.24. The van der Waals surface area contributed by atoms with Gasteiger partial charge in [0.05, 0.1) is 5.52 Å². The summed E-state index contributed by atoms with van der Waals surface area (Å²) >= 11 is 0. The van der Waals surface area contributed by atoms with Gasteiger partial charge in [-0.2, -0.15) is 0 Å². The monoisotopic (exact) mass is 499 g/mol. The van der Waals surface area contributed by atoms with Crippen molar-refractivity contribution in [2.45, 2.75) is 13.5 Å². The number of hydrogen-bond donors (Lipinski definition) is 0. The minimum absolute atomic E-state index is 0.886. The highest BCUT2D eigenvalue weighted by molar-refractivity contribution is 6.25. The Labute approximate surface area is 229 Å². The fourth-order valence-corrected chi connectivity index (χ4v) is 6.20. The van der Waals surface area contributed by atoms with Crippen LogP contribution in [0.4, 0.5) is 0 Å². The average molecular weight is 500 g/mol. The third-order valence-corrected chi connectivity index (χ3v) is 7.77. The summed E-state index contributed by atoms with van der Waals surface area (Å²) in [4.78, 5) is 0. The lowest BCUT2D eigenvalue weighted by Crippen LogP contribution is -2.00. The molecule has 0 atom stereocenters. The van der Waals surface area contributed by atoms with Crippen LogP contribution in [-0.2, 0) is 6.54 Å². The van der Waals surface area contributed by atoms with Gasteiger partial charge in [0.25, 0.3) is 0 Å². The normalized spacial score (nSPS) is 11.3. The van der Waals surface area contributed by atoms with E-state index in [-0.39, 0.29) is 0 Å². The summed E-state index contributed by atoms with van der Waals surface area (Å²) in [6.45, 7) is 3.15. The van der Waals surface area contributed by atoms with E-state index >= 15 is 0 Å². The molecule has 7 aromatic rings. The van der Waals surface area contributed by atoms with Gasteiger partial charge in [-0.05, 0) is 40.8 Å². The maximum atomic E-state index is 2.51. The van der Waals surface area contributed by atoms with Gasteiger partial charge in [-0.3, -0.25) is 0 Å². The van der Waals surface area contributed by atoms with E-state index in [0.717, 1.165) is 6.54 Å². The molecule has 0 bridgehead atoms. The zero-order chi connectivity index (χ0) is 26.2. The van der Waals surface area contributed by atoms with E-state index in [1.165, 1.54) is 66.3 Å². The van der Waals surface area contributed by atoms with Gasteiger partial charge in [-0.25, -0.2) is 0 Å². The summed E-state index contributed by atoms with van der Waals surface area (Å²) in [5.41, 5.74) is 12.6. The van der Waals surface area contributed by atoms with E-state index < -0.39 is 0 Å². The van der Waals surface area contributed by atoms with Crippen LogP contribution >= 0.6 is 0 Å². The number of aromatic nitrogens is 1. The second-order valence-electron chi connectivity index (χ2n) is 9.95. The van der Waals surface area contributed by atoms with Gasteiger partial charge in [-0.15, -0.1) is 0 Å². The molecule has 7 rings (SSSR count). The fraction of sp³-hybridized carbons (Fsp3) is 0.0526. The van der Waals surface area contributed by atoms with Gasteiger partial charge in [0.15, 0.2) is 0 Å². The van der Waals surface area contributed by atoms with Gasteiger partial charge in [0.2, 0.25) is 0 Å². The Balaban J connectivity index is 1.85. The van der Waals surface area contributed by atoms with Gasteiger partial charge >= 0.3 is 0 Å². The van der Waals surface area contributed by atoms with Crippen LogP contribution in [-0.4, -0.2) is 4.57 Å². The van der Waals surface area contributed by atoms with E-state index in [1.54, 1.807) is 0 Å². The van der Waals surface area contributed by atoms with Gasteiger partial charge < -0.3 is 4.57 Å². The van der Waals surface area contributed by atoms with Crippen molar-refractivity contribution in [3.63, 3.8) is 0 Å². The van der Waals surface area contributed by atoms with Crippen LogP contribution in [0.1, 0.15) is 6.92 Å². The molecule has 0 saturated carbocycles. The van der Waals surface area contributed by atoms with Gasteiger partial charge in [0, 0.05) is 39.5 Å². The first-order valence-corrected chi connectivity index (χ1v) is 13.7. The van der Waals surface area contributed by atoms with Crippen LogP contribution in [0.3, 0.4) is 0 Å². The highest BCUT2D eigenvalue weighted by Gasteiger charge is 2.27. The minimum atomic E-state index is 0.886. The number of benzene rings is 6. The summed E-state index contributed by atoms with van der Waals surface area (Å²) in [6, 6.07) is 52.6. The predicted octanol–water partition coefficient (Wildman–Crippen LogP) is 10.5. The molecule has 1 heterocycles. The van der Waals surface area contributed by atoms with Crippen LogP contribution in [0, 0.1) is 0 Å². The van der Waals surface area contributed by atoms with Crippen LogP contribution in [0.2, 0.25) is 0 Å². The van der Waals surface area contributed by atoms with Crippen molar-refractivity contribution in [2.24, 2.45) is 0 Å². The molecule has 0 aliphatic heterocycles. The van der Waals surface area contributed by atoms with Crippen molar-refractivity contribution in [1.82, 2.24) is 4.57 Å². The van der Waals surface area contributed by atoms with E-state index in [0.29, 0.717) is 0 Å². The molecule has 0 amide bonds. The Morgan fingerprint density at radius 1 is 0.410 bits per heavy atom.